The van der Waals surface area contributed by atoms with Crippen LogP contribution in [0.15, 0.2) is 69.9 Å². The summed E-state index contributed by atoms with van der Waals surface area (Å²) >= 11 is 0. The summed E-state index contributed by atoms with van der Waals surface area (Å²) in [5, 5.41) is 9.89. The minimum Gasteiger partial charge on any atom is -0.507 e. The van der Waals surface area contributed by atoms with Crippen LogP contribution in [-0.2, 0) is 6.61 Å². The van der Waals surface area contributed by atoms with E-state index in [1.165, 1.54) is 25.1 Å². The third kappa shape index (κ3) is 5.17. The van der Waals surface area contributed by atoms with Gasteiger partial charge in [-0.3, -0.25) is 4.79 Å². The van der Waals surface area contributed by atoms with E-state index >= 15 is 0 Å². The number of carbonyl (C=O) groups is 1. The minimum absolute atomic E-state index is 0.227. The Morgan fingerprint density at radius 3 is 2.53 bits per heavy atom. The largest absolute Gasteiger partial charge is 0.507 e. The van der Waals surface area contributed by atoms with Crippen molar-refractivity contribution in [3.8, 4) is 17.2 Å². The molecule has 6 heteroatoms. The van der Waals surface area contributed by atoms with Gasteiger partial charge in [-0.1, -0.05) is 42.5 Å². The van der Waals surface area contributed by atoms with Crippen molar-refractivity contribution >= 4 is 11.9 Å². The van der Waals surface area contributed by atoms with Crippen LogP contribution in [0.5, 0.6) is 17.2 Å². The maximum atomic E-state index is 12.3. The molecule has 30 heavy (non-hydrogen) atoms. The van der Waals surface area contributed by atoms with Gasteiger partial charge in [-0.25, -0.2) is 4.79 Å². The lowest BCUT2D eigenvalue weighted by Crippen LogP contribution is -2.12. The summed E-state index contributed by atoms with van der Waals surface area (Å²) in [4.78, 5) is 24.2. The number of aromatic hydroxyl groups is 1. The number of hydrogen-bond donors (Lipinski definition) is 1. The van der Waals surface area contributed by atoms with E-state index in [2.05, 4.69) is 0 Å². The molecule has 0 aliphatic carbocycles. The SMILES string of the molecule is CCOc1cc(/C=C/C(=O)c2c(O)cc(C)oc2=O)ccc1OCc1ccccc1. The second-order valence-electron chi connectivity index (χ2n) is 6.52. The number of aryl methyl sites for hydroxylation is 1. The number of ketones is 1. The first kappa shape index (κ1) is 20.9. The highest BCUT2D eigenvalue weighted by atomic mass is 16.5. The molecule has 1 N–H and O–H groups in total. The molecule has 1 heterocycles. The van der Waals surface area contributed by atoms with Crippen molar-refractivity contribution in [3.63, 3.8) is 0 Å². The lowest BCUT2D eigenvalue weighted by Gasteiger charge is -2.12. The van der Waals surface area contributed by atoms with Crippen LogP contribution < -0.4 is 15.1 Å². The van der Waals surface area contributed by atoms with Gasteiger partial charge in [0.05, 0.1) is 6.61 Å². The molecule has 0 aliphatic rings. The fraction of sp³-hybridized carbons (Fsp3) is 0.167. The molecule has 3 aromatic rings. The number of carbonyl (C=O) groups excluding carboxylic acids is 1. The number of hydrogen-bond acceptors (Lipinski definition) is 6. The quantitative estimate of drug-likeness (QED) is 0.437. The summed E-state index contributed by atoms with van der Waals surface area (Å²) in [6, 6.07) is 16.3. The summed E-state index contributed by atoms with van der Waals surface area (Å²) < 4.78 is 16.4. The van der Waals surface area contributed by atoms with Crippen LogP contribution in [0.2, 0.25) is 0 Å². The summed E-state index contributed by atoms with van der Waals surface area (Å²) in [6.07, 6.45) is 2.74. The predicted octanol–water partition coefficient (Wildman–Crippen LogP) is 4.53. The Kier molecular flexibility index (Phi) is 6.70. The van der Waals surface area contributed by atoms with E-state index < -0.39 is 22.7 Å². The molecule has 0 aliphatic heterocycles. The third-order valence-corrected chi connectivity index (χ3v) is 4.23. The molecule has 154 valence electrons. The van der Waals surface area contributed by atoms with Gasteiger partial charge in [0, 0.05) is 6.07 Å². The van der Waals surface area contributed by atoms with Gasteiger partial charge in [0.1, 0.15) is 23.7 Å². The molecular formula is C24H22O6. The molecule has 0 saturated heterocycles. The molecule has 0 fully saturated rings. The maximum absolute atomic E-state index is 12.3. The van der Waals surface area contributed by atoms with Crippen LogP contribution in [0.1, 0.15) is 34.2 Å². The topological polar surface area (TPSA) is 86.0 Å². The number of benzene rings is 2. The van der Waals surface area contributed by atoms with Gasteiger partial charge in [0.15, 0.2) is 17.3 Å². The third-order valence-electron chi connectivity index (χ3n) is 4.23. The van der Waals surface area contributed by atoms with Gasteiger partial charge in [-0.2, -0.15) is 0 Å². The first-order valence-corrected chi connectivity index (χ1v) is 9.47. The Balaban J connectivity index is 1.78. The van der Waals surface area contributed by atoms with E-state index in [-0.39, 0.29) is 5.76 Å². The van der Waals surface area contributed by atoms with Crippen molar-refractivity contribution in [2.24, 2.45) is 0 Å². The lowest BCUT2D eigenvalue weighted by molar-refractivity contribution is 0.104. The molecule has 2 aromatic carbocycles. The number of allylic oxidation sites excluding steroid dienone is 1. The molecule has 0 radical (unpaired) electrons. The molecule has 0 unspecified atom stereocenters. The first-order chi connectivity index (χ1) is 14.5. The first-order valence-electron chi connectivity index (χ1n) is 9.47. The highest BCUT2D eigenvalue weighted by molar-refractivity contribution is 6.08. The highest BCUT2D eigenvalue weighted by Gasteiger charge is 2.16. The fourth-order valence-corrected chi connectivity index (χ4v) is 2.83. The average molecular weight is 406 g/mol. The van der Waals surface area contributed by atoms with Crippen LogP contribution >= 0.6 is 0 Å². The maximum Gasteiger partial charge on any atom is 0.351 e. The number of rotatable bonds is 8. The van der Waals surface area contributed by atoms with Crippen molar-refractivity contribution < 1.29 is 23.8 Å². The zero-order valence-corrected chi connectivity index (χ0v) is 16.8. The molecule has 1 aromatic heterocycles. The second kappa shape index (κ2) is 9.60. The van der Waals surface area contributed by atoms with Crippen LogP contribution in [0.4, 0.5) is 0 Å². The summed E-state index contributed by atoms with van der Waals surface area (Å²) in [5.41, 5.74) is 0.438. The fourth-order valence-electron chi connectivity index (χ4n) is 2.83. The van der Waals surface area contributed by atoms with Gasteiger partial charge in [0.2, 0.25) is 0 Å². The second-order valence-corrected chi connectivity index (χ2v) is 6.52. The van der Waals surface area contributed by atoms with Crippen molar-refractivity contribution in [2.45, 2.75) is 20.5 Å². The highest BCUT2D eigenvalue weighted by Crippen LogP contribution is 2.30. The monoisotopic (exact) mass is 406 g/mol. The van der Waals surface area contributed by atoms with Gasteiger partial charge in [-0.05, 0) is 43.2 Å². The van der Waals surface area contributed by atoms with Gasteiger partial charge >= 0.3 is 5.63 Å². The molecule has 0 amide bonds. The van der Waals surface area contributed by atoms with E-state index in [0.717, 1.165) is 5.56 Å². The molecule has 0 saturated carbocycles. The zero-order chi connectivity index (χ0) is 21.5. The van der Waals surface area contributed by atoms with Crippen LogP contribution in [0.25, 0.3) is 6.08 Å². The van der Waals surface area contributed by atoms with Crippen molar-refractivity contribution in [3.05, 3.63) is 93.5 Å². The van der Waals surface area contributed by atoms with E-state index in [9.17, 15) is 14.7 Å². The van der Waals surface area contributed by atoms with Gasteiger partial charge in [-0.15, -0.1) is 0 Å². The molecule has 0 atom stereocenters. The summed E-state index contributed by atoms with van der Waals surface area (Å²) in [6.45, 7) is 4.23. The van der Waals surface area contributed by atoms with Crippen molar-refractivity contribution in [1.29, 1.82) is 0 Å². The summed E-state index contributed by atoms with van der Waals surface area (Å²) in [7, 11) is 0. The van der Waals surface area contributed by atoms with Crippen LogP contribution in [0.3, 0.4) is 0 Å². The van der Waals surface area contributed by atoms with Crippen LogP contribution in [-0.4, -0.2) is 17.5 Å². The Morgan fingerprint density at radius 1 is 1.07 bits per heavy atom. The van der Waals surface area contributed by atoms with Crippen molar-refractivity contribution in [2.75, 3.05) is 6.61 Å². The van der Waals surface area contributed by atoms with Crippen LogP contribution in [0, 0.1) is 6.92 Å². The lowest BCUT2D eigenvalue weighted by atomic mass is 10.1. The molecular weight excluding hydrogens is 384 g/mol. The van der Waals surface area contributed by atoms with E-state index in [1.807, 2.05) is 37.3 Å². The van der Waals surface area contributed by atoms with Gasteiger partial charge < -0.3 is 19.0 Å². The number of ether oxygens (including phenoxy) is 2. The Bertz CT molecular complexity index is 1110. The van der Waals surface area contributed by atoms with Gasteiger partial charge in [0.25, 0.3) is 0 Å². The minimum atomic E-state index is -0.873. The molecule has 3 rings (SSSR count). The molecule has 0 spiro atoms. The smallest absolute Gasteiger partial charge is 0.351 e. The molecule has 0 bridgehead atoms. The Hall–Kier alpha value is -3.80. The standard InChI is InChI=1S/C24H22O6/c1-3-28-22-14-17(10-12-21(22)29-15-18-7-5-4-6-8-18)9-11-19(25)23-20(26)13-16(2)30-24(23)27/h4-14,26H,3,15H2,1-2H3/b11-9+. The van der Waals surface area contributed by atoms with E-state index in [1.54, 1.807) is 18.2 Å². The zero-order valence-electron chi connectivity index (χ0n) is 16.8. The molecule has 6 nitrogen and oxygen atoms in total. The summed E-state index contributed by atoms with van der Waals surface area (Å²) in [5.74, 6) is 0.300. The van der Waals surface area contributed by atoms with E-state index in [0.29, 0.717) is 30.3 Å². The predicted molar refractivity (Wildman–Crippen MR) is 113 cm³/mol. The van der Waals surface area contributed by atoms with Crippen molar-refractivity contribution in [1.82, 2.24) is 0 Å². The average Bonchev–Trinajstić information content (AvgIpc) is 2.72. The Labute approximate surface area is 174 Å². The normalized spacial score (nSPS) is 10.9. The Morgan fingerprint density at radius 2 is 1.83 bits per heavy atom. The van der Waals surface area contributed by atoms with E-state index in [4.69, 9.17) is 13.9 Å².